The van der Waals surface area contributed by atoms with E-state index in [9.17, 15) is 14.7 Å². The summed E-state index contributed by atoms with van der Waals surface area (Å²) in [6.07, 6.45) is -0.779. The number of nitrogens with two attached hydrogens (primary N) is 1. The molecule has 1 heterocycles. The summed E-state index contributed by atoms with van der Waals surface area (Å²) < 4.78 is 0.734. The quantitative estimate of drug-likeness (QED) is 0.693. The minimum atomic E-state index is -1.12. The van der Waals surface area contributed by atoms with Crippen LogP contribution in [0, 0.1) is 0 Å². The van der Waals surface area contributed by atoms with E-state index in [0.29, 0.717) is 0 Å². The number of benzene rings is 1. The van der Waals surface area contributed by atoms with Crippen molar-refractivity contribution >= 4 is 33.5 Å². The first kappa shape index (κ1) is 13.8. The molecule has 6 nitrogen and oxygen atoms in total. The number of nitrogens with zero attached hydrogens (tertiary/aromatic N) is 1. The molecule has 4 N–H and O–H groups in total. The monoisotopic (exact) mass is 328 g/mol. The lowest BCUT2D eigenvalue weighted by molar-refractivity contribution is -0.141. The van der Waals surface area contributed by atoms with Gasteiger partial charge in [-0.05, 0) is 18.2 Å². The predicted octanol–water partition coefficient (Wildman–Crippen LogP) is 0.691. The smallest absolute Gasteiger partial charge is 0.326 e. The zero-order chi connectivity index (χ0) is 14.2. The number of likely N-dealkylation sites (tertiary alicyclic amines) is 1. The molecule has 0 aromatic heterocycles. The van der Waals surface area contributed by atoms with Gasteiger partial charge >= 0.3 is 5.97 Å². The summed E-state index contributed by atoms with van der Waals surface area (Å²) in [4.78, 5) is 24.5. The highest BCUT2D eigenvalue weighted by Crippen LogP contribution is 2.25. The Labute approximate surface area is 117 Å². The highest BCUT2D eigenvalue weighted by atomic mass is 79.9. The number of halogens is 1. The lowest BCUT2D eigenvalue weighted by atomic mass is 10.1. The molecule has 1 amide bonds. The Bertz CT molecular complexity index is 534. The summed E-state index contributed by atoms with van der Waals surface area (Å²) in [7, 11) is 0. The number of aliphatic hydroxyl groups excluding tert-OH is 1. The number of hydrogen-bond donors (Lipinski definition) is 3. The summed E-state index contributed by atoms with van der Waals surface area (Å²) in [5.74, 6) is -1.60. The van der Waals surface area contributed by atoms with E-state index in [1.807, 2.05) is 0 Å². The normalized spacial score (nSPS) is 22.5. The molecular weight excluding hydrogens is 316 g/mol. The number of rotatable bonds is 2. The number of β-amino-alcohol motifs (C(OH)–C–C–N with tert-alkyl or cyclic N) is 1. The van der Waals surface area contributed by atoms with E-state index in [4.69, 9.17) is 10.8 Å². The first-order valence-electron chi connectivity index (χ1n) is 5.67. The molecule has 1 aliphatic rings. The van der Waals surface area contributed by atoms with Crippen LogP contribution in [0.4, 0.5) is 5.69 Å². The highest BCUT2D eigenvalue weighted by molar-refractivity contribution is 9.10. The van der Waals surface area contributed by atoms with Crippen LogP contribution in [0.15, 0.2) is 22.7 Å². The Morgan fingerprint density at radius 2 is 2.11 bits per heavy atom. The largest absolute Gasteiger partial charge is 0.480 e. The van der Waals surface area contributed by atoms with Crippen LogP contribution < -0.4 is 5.73 Å². The van der Waals surface area contributed by atoms with Gasteiger partial charge in [0.2, 0.25) is 0 Å². The van der Waals surface area contributed by atoms with Gasteiger partial charge in [-0.15, -0.1) is 0 Å². The van der Waals surface area contributed by atoms with Gasteiger partial charge in [0.1, 0.15) is 6.04 Å². The number of anilines is 1. The van der Waals surface area contributed by atoms with Gasteiger partial charge in [0.05, 0.1) is 11.7 Å². The van der Waals surface area contributed by atoms with Crippen LogP contribution in [0.25, 0.3) is 0 Å². The topological polar surface area (TPSA) is 104 Å². The number of carbonyl (C=O) groups is 2. The zero-order valence-corrected chi connectivity index (χ0v) is 11.5. The van der Waals surface area contributed by atoms with E-state index in [1.165, 1.54) is 6.07 Å². The van der Waals surface area contributed by atoms with Gasteiger partial charge in [-0.25, -0.2) is 4.79 Å². The molecule has 1 fully saturated rings. The average Bonchev–Trinajstić information content (AvgIpc) is 2.70. The van der Waals surface area contributed by atoms with Crippen LogP contribution in [-0.4, -0.2) is 45.7 Å². The maximum Gasteiger partial charge on any atom is 0.326 e. The third-order valence-corrected chi connectivity index (χ3v) is 3.56. The van der Waals surface area contributed by atoms with Crippen molar-refractivity contribution in [2.75, 3.05) is 12.3 Å². The fourth-order valence-corrected chi connectivity index (χ4v) is 2.53. The number of carbonyl (C=O) groups excluding carboxylic acids is 1. The Balaban J connectivity index is 2.30. The second kappa shape index (κ2) is 5.18. The number of carboxylic acids is 1. The number of amides is 1. The number of nitrogen functional groups attached to an aromatic ring is 1. The number of aliphatic carboxylic acids is 1. The van der Waals surface area contributed by atoms with Gasteiger partial charge in [-0.3, -0.25) is 4.79 Å². The maximum atomic E-state index is 12.3. The SMILES string of the molecule is Nc1cc(Br)ccc1C(=O)N1C[C@H](O)C[C@H]1C(=O)O. The molecule has 2 rings (SSSR count). The van der Waals surface area contributed by atoms with E-state index in [-0.39, 0.29) is 24.2 Å². The van der Waals surface area contributed by atoms with Crippen molar-refractivity contribution in [3.05, 3.63) is 28.2 Å². The van der Waals surface area contributed by atoms with Gasteiger partial charge in [0, 0.05) is 23.1 Å². The Morgan fingerprint density at radius 3 is 2.68 bits per heavy atom. The van der Waals surface area contributed by atoms with Crippen LogP contribution in [0.2, 0.25) is 0 Å². The molecule has 0 spiro atoms. The van der Waals surface area contributed by atoms with Crippen molar-refractivity contribution in [1.29, 1.82) is 0 Å². The molecule has 0 radical (unpaired) electrons. The summed E-state index contributed by atoms with van der Waals surface area (Å²) in [5.41, 5.74) is 6.27. The van der Waals surface area contributed by atoms with Crippen molar-refractivity contribution in [1.82, 2.24) is 4.90 Å². The third kappa shape index (κ3) is 2.71. The van der Waals surface area contributed by atoms with Crippen LogP contribution >= 0.6 is 15.9 Å². The molecule has 1 aromatic carbocycles. The van der Waals surface area contributed by atoms with E-state index in [2.05, 4.69) is 15.9 Å². The summed E-state index contributed by atoms with van der Waals surface area (Å²) in [6.45, 7) is 0.00526. The fraction of sp³-hybridized carbons (Fsp3) is 0.333. The van der Waals surface area contributed by atoms with Crippen molar-refractivity contribution in [3.8, 4) is 0 Å². The molecule has 7 heteroatoms. The Hall–Kier alpha value is -1.60. The molecule has 2 atom stereocenters. The van der Waals surface area contributed by atoms with Gasteiger partial charge in [0.15, 0.2) is 0 Å². The van der Waals surface area contributed by atoms with Gasteiger partial charge < -0.3 is 20.8 Å². The molecule has 0 aliphatic carbocycles. The summed E-state index contributed by atoms with van der Waals surface area (Å²) >= 11 is 3.23. The van der Waals surface area contributed by atoms with Crippen molar-refractivity contribution < 1.29 is 19.8 Å². The Kier molecular flexibility index (Phi) is 3.77. The van der Waals surface area contributed by atoms with Crippen LogP contribution in [0.1, 0.15) is 16.8 Å². The standard InChI is InChI=1S/C12H13BrN2O4/c13-6-1-2-8(9(14)3-6)11(17)15-5-7(16)4-10(15)12(18)19/h1-3,7,10,16H,4-5,14H2,(H,18,19)/t7-,10+/m1/s1. The lowest BCUT2D eigenvalue weighted by Gasteiger charge is -2.21. The second-order valence-corrected chi connectivity index (χ2v) is 5.35. The summed E-state index contributed by atoms with van der Waals surface area (Å²) in [6, 6.07) is 3.76. The molecule has 0 unspecified atom stereocenters. The molecule has 1 aromatic rings. The number of hydrogen-bond acceptors (Lipinski definition) is 4. The molecule has 19 heavy (non-hydrogen) atoms. The summed E-state index contributed by atoms with van der Waals surface area (Å²) in [5, 5.41) is 18.6. The molecular formula is C12H13BrN2O4. The van der Waals surface area contributed by atoms with Crippen molar-refractivity contribution in [2.24, 2.45) is 0 Å². The van der Waals surface area contributed by atoms with Gasteiger partial charge in [-0.1, -0.05) is 15.9 Å². The second-order valence-electron chi connectivity index (χ2n) is 4.43. The maximum absolute atomic E-state index is 12.3. The zero-order valence-electron chi connectivity index (χ0n) is 9.91. The minimum absolute atomic E-state index is 0.00526. The lowest BCUT2D eigenvalue weighted by Crippen LogP contribution is -2.40. The van der Waals surface area contributed by atoms with Crippen LogP contribution in [0.3, 0.4) is 0 Å². The first-order chi connectivity index (χ1) is 8.90. The minimum Gasteiger partial charge on any atom is -0.480 e. The highest BCUT2D eigenvalue weighted by Gasteiger charge is 2.39. The fourth-order valence-electron chi connectivity index (χ4n) is 2.16. The molecule has 1 aliphatic heterocycles. The van der Waals surface area contributed by atoms with Crippen LogP contribution in [-0.2, 0) is 4.79 Å². The van der Waals surface area contributed by atoms with E-state index in [1.54, 1.807) is 12.1 Å². The Morgan fingerprint density at radius 1 is 1.42 bits per heavy atom. The molecule has 1 saturated heterocycles. The first-order valence-corrected chi connectivity index (χ1v) is 6.46. The van der Waals surface area contributed by atoms with Gasteiger partial charge in [0.25, 0.3) is 5.91 Å². The van der Waals surface area contributed by atoms with Crippen molar-refractivity contribution in [2.45, 2.75) is 18.6 Å². The third-order valence-electron chi connectivity index (χ3n) is 3.07. The number of carboxylic acid groups (broad SMARTS) is 1. The van der Waals surface area contributed by atoms with Crippen LogP contribution in [0.5, 0.6) is 0 Å². The number of aliphatic hydroxyl groups is 1. The average molecular weight is 329 g/mol. The van der Waals surface area contributed by atoms with E-state index in [0.717, 1.165) is 9.37 Å². The van der Waals surface area contributed by atoms with Gasteiger partial charge in [-0.2, -0.15) is 0 Å². The molecule has 102 valence electrons. The van der Waals surface area contributed by atoms with E-state index < -0.39 is 24.0 Å². The molecule has 0 saturated carbocycles. The van der Waals surface area contributed by atoms with E-state index >= 15 is 0 Å². The van der Waals surface area contributed by atoms with Crippen molar-refractivity contribution in [3.63, 3.8) is 0 Å². The predicted molar refractivity (Wildman–Crippen MR) is 71.6 cm³/mol. The molecule has 0 bridgehead atoms.